The van der Waals surface area contributed by atoms with Crippen LogP contribution in [0, 0.1) is 11.8 Å². The Morgan fingerprint density at radius 1 is 1.09 bits per heavy atom. The van der Waals surface area contributed by atoms with Gasteiger partial charge in [0.2, 0.25) is 0 Å². The maximum absolute atomic E-state index is 13.7. The highest BCUT2D eigenvalue weighted by atomic mass is 32.2. The van der Waals surface area contributed by atoms with Crippen molar-refractivity contribution >= 4 is 34.6 Å². The van der Waals surface area contributed by atoms with Crippen LogP contribution in [-0.4, -0.2) is 35.2 Å². The SMILES string of the molecule is CCOc1cc(/C=C2\SC(=Nc3ccccc3)N([C@H]3CCCC[C@H]3C)C2=O)ccc1OCC(C)C. The Morgan fingerprint density at radius 3 is 2.57 bits per heavy atom. The normalized spacial score (nSPS) is 22.9. The van der Waals surface area contributed by atoms with Crippen LogP contribution < -0.4 is 9.47 Å². The molecule has 1 saturated carbocycles. The summed E-state index contributed by atoms with van der Waals surface area (Å²) in [7, 11) is 0. The summed E-state index contributed by atoms with van der Waals surface area (Å²) in [6.07, 6.45) is 6.50. The lowest BCUT2D eigenvalue weighted by Crippen LogP contribution is -2.44. The minimum Gasteiger partial charge on any atom is -0.490 e. The predicted octanol–water partition coefficient (Wildman–Crippen LogP) is 7.30. The average Bonchev–Trinajstić information content (AvgIpc) is 3.14. The summed E-state index contributed by atoms with van der Waals surface area (Å²) in [6.45, 7) is 9.64. The molecule has 1 heterocycles. The molecule has 1 saturated heterocycles. The summed E-state index contributed by atoms with van der Waals surface area (Å²) in [5.41, 5.74) is 1.78. The van der Waals surface area contributed by atoms with Gasteiger partial charge in [0, 0.05) is 6.04 Å². The number of carbonyl (C=O) groups is 1. The molecular formula is C29H36N2O3S. The van der Waals surface area contributed by atoms with E-state index in [1.165, 1.54) is 18.2 Å². The van der Waals surface area contributed by atoms with Gasteiger partial charge in [0.05, 0.1) is 23.8 Å². The van der Waals surface area contributed by atoms with Gasteiger partial charge in [-0.2, -0.15) is 0 Å². The Labute approximate surface area is 213 Å². The monoisotopic (exact) mass is 492 g/mol. The topological polar surface area (TPSA) is 51.1 Å². The lowest BCUT2D eigenvalue weighted by Gasteiger charge is -2.35. The van der Waals surface area contributed by atoms with Crippen LogP contribution in [0.15, 0.2) is 58.4 Å². The number of para-hydroxylation sites is 1. The molecule has 4 rings (SSSR count). The summed E-state index contributed by atoms with van der Waals surface area (Å²) in [5.74, 6) is 2.36. The van der Waals surface area contributed by atoms with Crippen LogP contribution in [-0.2, 0) is 4.79 Å². The third kappa shape index (κ3) is 6.29. The maximum atomic E-state index is 13.7. The molecule has 0 aromatic heterocycles. The number of hydrogen-bond donors (Lipinski definition) is 0. The Kier molecular flexibility index (Phi) is 8.55. The van der Waals surface area contributed by atoms with Crippen molar-refractivity contribution in [2.24, 2.45) is 16.8 Å². The molecular weight excluding hydrogens is 456 g/mol. The molecule has 1 aliphatic carbocycles. The van der Waals surface area contributed by atoms with E-state index in [4.69, 9.17) is 14.5 Å². The van der Waals surface area contributed by atoms with Gasteiger partial charge in [-0.05, 0) is 79.3 Å². The molecule has 1 aliphatic heterocycles. The number of carbonyl (C=O) groups excluding carboxylic acids is 1. The second-order valence-corrected chi connectivity index (χ2v) is 10.7. The van der Waals surface area contributed by atoms with Crippen molar-refractivity contribution in [2.45, 2.75) is 59.4 Å². The van der Waals surface area contributed by atoms with Crippen LogP contribution >= 0.6 is 11.8 Å². The Bertz CT molecular complexity index is 1080. The second kappa shape index (κ2) is 11.8. The first-order valence-electron chi connectivity index (χ1n) is 12.7. The van der Waals surface area contributed by atoms with E-state index in [0.29, 0.717) is 35.7 Å². The van der Waals surface area contributed by atoms with Gasteiger partial charge < -0.3 is 9.47 Å². The number of amides is 1. The van der Waals surface area contributed by atoms with Crippen LogP contribution in [0.4, 0.5) is 5.69 Å². The lowest BCUT2D eigenvalue weighted by molar-refractivity contribution is -0.124. The third-order valence-corrected chi connectivity index (χ3v) is 7.34. The number of amidine groups is 1. The van der Waals surface area contributed by atoms with E-state index in [-0.39, 0.29) is 11.9 Å². The van der Waals surface area contributed by atoms with Crippen LogP contribution in [0.25, 0.3) is 6.08 Å². The number of thioether (sulfide) groups is 1. The molecule has 2 aromatic rings. The molecule has 1 amide bonds. The number of ether oxygens (including phenoxy) is 2. The van der Waals surface area contributed by atoms with Gasteiger partial charge in [-0.3, -0.25) is 9.69 Å². The standard InChI is InChI=1S/C29H36N2O3S/c1-5-33-26-17-22(15-16-25(26)34-19-20(2)3)18-27-28(32)31(24-14-10-9-11-21(24)4)29(35-27)30-23-12-7-6-8-13-23/h6-8,12-13,15-18,20-21,24H,5,9-11,14,19H2,1-4H3/b27-18-,30-29?/t21-,24+/m1/s1. The summed E-state index contributed by atoms with van der Waals surface area (Å²) < 4.78 is 11.8. The van der Waals surface area contributed by atoms with Crippen LogP contribution in [0.5, 0.6) is 11.5 Å². The summed E-state index contributed by atoms with van der Waals surface area (Å²) >= 11 is 1.47. The van der Waals surface area contributed by atoms with Crippen molar-refractivity contribution in [1.82, 2.24) is 4.90 Å². The molecule has 2 aliphatic rings. The highest BCUT2D eigenvalue weighted by molar-refractivity contribution is 8.18. The van der Waals surface area contributed by atoms with Crippen LogP contribution in [0.2, 0.25) is 0 Å². The Hall–Kier alpha value is -2.73. The van der Waals surface area contributed by atoms with Crippen molar-refractivity contribution in [3.05, 3.63) is 59.0 Å². The zero-order valence-electron chi connectivity index (χ0n) is 21.2. The number of benzene rings is 2. The van der Waals surface area contributed by atoms with E-state index < -0.39 is 0 Å². The highest BCUT2D eigenvalue weighted by Gasteiger charge is 2.41. The molecule has 2 atom stereocenters. The maximum Gasteiger partial charge on any atom is 0.267 e. The van der Waals surface area contributed by atoms with E-state index >= 15 is 0 Å². The van der Waals surface area contributed by atoms with Gasteiger partial charge in [-0.1, -0.05) is 57.9 Å². The Morgan fingerprint density at radius 2 is 1.86 bits per heavy atom. The number of hydrogen-bond acceptors (Lipinski definition) is 5. The molecule has 2 fully saturated rings. The number of aliphatic imine (C=N–C) groups is 1. The molecule has 0 bridgehead atoms. The van der Waals surface area contributed by atoms with Crippen molar-refractivity contribution in [1.29, 1.82) is 0 Å². The molecule has 0 radical (unpaired) electrons. The fraction of sp³-hybridized carbons (Fsp3) is 0.448. The summed E-state index contributed by atoms with van der Waals surface area (Å²) in [5, 5.41) is 0.771. The van der Waals surface area contributed by atoms with Crippen molar-refractivity contribution in [2.75, 3.05) is 13.2 Å². The van der Waals surface area contributed by atoms with Crippen molar-refractivity contribution < 1.29 is 14.3 Å². The zero-order chi connectivity index (χ0) is 24.8. The minimum atomic E-state index is 0.0431. The lowest BCUT2D eigenvalue weighted by atomic mass is 9.85. The first-order chi connectivity index (χ1) is 17.0. The van der Waals surface area contributed by atoms with Gasteiger partial charge in [0.1, 0.15) is 0 Å². The van der Waals surface area contributed by atoms with Crippen molar-refractivity contribution in [3.8, 4) is 11.5 Å². The molecule has 186 valence electrons. The molecule has 6 heteroatoms. The van der Waals surface area contributed by atoms with E-state index in [1.807, 2.05) is 66.4 Å². The van der Waals surface area contributed by atoms with Gasteiger partial charge in [0.25, 0.3) is 5.91 Å². The van der Waals surface area contributed by atoms with Gasteiger partial charge in [0.15, 0.2) is 16.7 Å². The minimum absolute atomic E-state index is 0.0431. The predicted molar refractivity (Wildman–Crippen MR) is 145 cm³/mol. The highest BCUT2D eigenvalue weighted by Crippen LogP contribution is 2.40. The molecule has 2 aromatic carbocycles. The summed E-state index contributed by atoms with van der Waals surface area (Å²) in [4.78, 5) is 21.2. The zero-order valence-corrected chi connectivity index (χ0v) is 22.0. The molecule has 0 unspecified atom stereocenters. The van der Waals surface area contributed by atoms with E-state index in [9.17, 15) is 4.79 Å². The molecule has 35 heavy (non-hydrogen) atoms. The largest absolute Gasteiger partial charge is 0.490 e. The van der Waals surface area contributed by atoms with Crippen LogP contribution in [0.1, 0.15) is 58.9 Å². The van der Waals surface area contributed by atoms with E-state index in [0.717, 1.165) is 41.4 Å². The fourth-order valence-corrected chi connectivity index (χ4v) is 5.61. The fourth-order valence-electron chi connectivity index (χ4n) is 4.56. The smallest absolute Gasteiger partial charge is 0.267 e. The number of nitrogens with zero attached hydrogens (tertiary/aromatic N) is 2. The van der Waals surface area contributed by atoms with Gasteiger partial charge in [-0.15, -0.1) is 0 Å². The quantitative estimate of drug-likeness (QED) is 0.363. The molecule has 0 N–H and O–H groups in total. The first-order valence-corrected chi connectivity index (χ1v) is 13.5. The van der Waals surface area contributed by atoms with Gasteiger partial charge in [-0.25, -0.2) is 4.99 Å². The van der Waals surface area contributed by atoms with E-state index in [1.54, 1.807) is 0 Å². The van der Waals surface area contributed by atoms with Crippen molar-refractivity contribution in [3.63, 3.8) is 0 Å². The molecule has 0 spiro atoms. The second-order valence-electron chi connectivity index (χ2n) is 9.69. The first kappa shape index (κ1) is 25.4. The summed E-state index contributed by atoms with van der Waals surface area (Å²) in [6, 6.07) is 15.9. The van der Waals surface area contributed by atoms with Crippen LogP contribution in [0.3, 0.4) is 0 Å². The number of rotatable bonds is 8. The van der Waals surface area contributed by atoms with E-state index in [2.05, 4.69) is 20.8 Å². The van der Waals surface area contributed by atoms with Gasteiger partial charge >= 0.3 is 0 Å². The molecule has 5 nitrogen and oxygen atoms in total. The third-order valence-electron chi connectivity index (χ3n) is 6.35. The Balaban J connectivity index is 1.66. The average molecular weight is 493 g/mol.